The van der Waals surface area contributed by atoms with Gasteiger partial charge in [-0.2, -0.15) is 0 Å². The zero-order valence-electron chi connectivity index (χ0n) is 10.3. The summed E-state index contributed by atoms with van der Waals surface area (Å²) in [5.41, 5.74) is 0.601. The molecule has 3 aliphatic rings. The molecule has 3 fully saturated rings. The lowest BCUT2D eigenvalue weighted by atomic mass is 9.67. The van der Waals surface area contributed by atoms with Gasteiger partial charge < -0.3 is 5.11 Å². The molecule has 0 bridgehead atoms. The molecule has 1 spiro atoms. The molecule has 1 saturated heterocycles. The topological polar surface area (TPSA) is 23.5 Å². The fraction of sp³-hybridized carbons (Fsp3) is 1.00. The van der Waals surface area contributed by atoms with Crippen LogP contribution in [0.1, 0.15) is 57.8 Å². The van der Waals surface area contributed by atoms with Crippen LogP contribution in [0.5, 0.6) is 0 Å². The molecule has 0 aromatic carbocycles. The van der Waals surface area contributed by atoms with Crippen LogP contribution in [0.25, 0.3) is 0 Å². The van der Waals surface area contributed by atoms with Crippen LogP contribution in [0, 0.1) is 5.41 Å². The van der Waals surface area contributed by atoms with Gasteiger partial charge in [0.1, 0.15) is 0 Å². The molecule has 16 heavy (non-hydrogen) atoms. The maximum atomic E-state index is 9.96. The number of hydrogen-bond acceptors (Lipinski definition) is 2. The number of rotatable bonds is 1. The number of aliphatic hydroxyl groups is 1. The fourth-order valence-electron chi connectivity index (χ4n) is 4.50. The average Bonchev–Trinajstić information content (AvgIpc) is 2.95. The maximum Gasteiger partial charge on any atom is 0.0555 e. The highest BCUT2D eigenvalue weighted by Gasteiger charge is 2.47. The van der Waals surface area contributed by atoms with Gasteiger partial charge >= 0.3 is 0 Å². The summed E-state index contributed by atoms with van der Waals surface area (Å²) >= 11 is 0. The highest BCUT2D eigenvalue weighted by atomic mass is 16.3. The predicted octanol–water partition coefficient (Wildman–Crippen LogP) is 2.56. The first-order valence-corrected chi connectivity index (χ1v) is 7.22. The van der Waals surface area contributed by atoms with Gasteiger partial charge in [-0.25, -0.2) is 0 Å². The summed E-state index contributed by atoms with van der Waals surface area (Å²) in [7, 11) is 0. The Hall–Kier alpha value is -0.0800. The average molecular weight is 223 g/mol. The molecule has 0 aromatic heterocycles. The van der Waals surface area contributed by atoms with Crippen molar-refractivity contribution in [1.29, 1.82) is 0 Å². The summed E-state index contributed by atoms with van der Waals surface area (Å²) in [5, 5.41) is 9.96. The quantitative estimate of drug-likeness (QED) is 0.738. The molecule has 1 heterocycles. The first kappa shape index (κ1) is 11.0. The second kappa shape index (κ2) is 4.30. The molecule has 92 valence electrons. The molecule has 2 unspecified atom stereocenters. The molecule has 0 amide bonds. The van der Waals surface area contributed by atoms with Gasteiger partial charge in [-0.1, -0.05) is 12.8 Å². The zero-order valence-corrected chi connectivity index (χ0v) is 10.3. The highest BCUT2D eigenvalue weighted by molar-refractivity contribution is 5.01. The minimum absolute atomic E-state index is 0.0168. The van der Waals surface area contributed by atoms with Gasteiger partial charge in [0.2, 0.25) is 0 Å². The Balaban J connectivity index is 1.78. The Labute approximate surface area is 99.0 Å². The summed E-state index contributed by atoms with van der Waals surface area (Å²) < 4.78 is 0. The van der Waals surface area contributed by atoms with Crippen LogP contribution in [0.4, 0.5) is 0 Å². The largest absolute Gasteiger partial charge is 0.393 e. The van der Waals surface area contributed by atoms with Crippen molar-refractivity contribution >= 4 is 0 Å². The van der Waals surface area contributed by atoms with E-state index >= 15 is 0 Å². The van der Waals surface area contributed by atoms with Crippen molar-refractivity contribution in [2.24, 2.45) is 5.41 Å². The van der Waals surface area contributed by atoms with Crippen LogP contribution in [-0.2, 0) is 0 Å². The van der Waals surface area contributed by atoms with E-state index in [0.29, 0.717) is 11.5 Å². The minimum atomic E-state index is -0.0168. The summed E-state index contributed by atoms with van der Waals surface area (Å²) in [6.07, 6.45) is 11.9. The van der Waals surface area contributed by atoms with Gasteiger partial charge in [0, 0.05) is 6.04 Å². The first-order chi connectivity index (χ1) is 7.80. The second-order valence-corrected chi connectivity index (χ2v) is 6.26. The Morgan fingerprint density at radius 1 is 0.938 bits per heavy atom. The van der Waals surface area contributed by atoms with Crippen molar-refractivity contribution in [2.45, 2.75) is 69.9 Å². The Bertz CT molecular complexity index is 241. The molecule has 2 atom stereocenters. The lowest BCUT2D eigenvalue weighted by Crippen LogP contribution is -2.50. The van der Waals surface area contributed by atoms with Crippen molar-refractivity contribution in [3.05, 3.63) is 0 Å². The molecule has 1 aliphatic heterocycles. The van der Waals surface area contributed by atoms with E-state index < -0.39 is 0 Å². The third-order valence-electron chi connectivity index (χ3n) is 5.36. The van der Waals surface area contributed by atoms with Crippen LogP contribution in [0.2, 0.25) is 0 Å². The standard InChI is InChI=1S/C14H25NO/c16-12-5-8-14(6-1-2-7-14)13(11-12)15-9-3-4-10-15/h12-13,16H,1-11H2. The molecule has 0 aromatic rings. The molecule has 3 rings (SSSR count). The van der Waals surface area contributed by atoms with Gasteiger partial charge in [-0.15, -0.1) is 0 Å². The number of hydrogen-bond donors (Lipinski definition) is 1. The van der Waals surface area contributed by atoms with Crippen LogP contribution < -0.4 is 0 Å². The first-order valence-electron chi connectivity index (χ1n) is 7.22. The van der Waals surface area contributed by atoms with E-state index in [1.807, 2.05) is 0 Å². The summed E-state index contributed by atoms with van der Waals surface area (Å²) in [6.45, 7) is 2.58. The molecule has 2 saturated carbocycles. The zero-order chi connectivity index (χ0) is 11.0. The molecular formula is C14H25NO. The SMILES string of the molecule is OC1CCC2(CCCC2)C(N2CCCC2)C1. The van der Waals surface area contributed by atoms with Crippen molar-refractivity contribution in [1.82, 2.24) is 4.90 Å². The number of nitrogens with zero attached hydrogens (tertiary/aromatic N) is 1. The van der Waals surface area contributed by atoms with E-state index in [4.69, 9.17) is 0 Å². The summed E-state index contributed by atoms with van der Waals surface area (Å²) in [4.78, 5) is 2.70. The smallest absolute Gasteiger partial charge is 0.0555 e. The van der Waals surface area contributed by atoms with E-state index in [1.165, 1.54) is 58.0 Å². The van der Waals surface area contributed by atoms with E-state index in [2.05, 4.69) is 4.90 Å². The van der Waals surface area contributed by atoms with Gasteiger partial charge in [-0.05, 0) is 63.5 Å². The van der Waals surface area contributed by atoms with Crippen molar-refractivity contribution in [2.75, 3.05) is 13.1 Å². The number of aliphatic hydroxyl groups excluding tert-OH is 1. The Morgan fingerprint density at radius 3 is 2.31 bits per heavy atom. The van der Waals surface area contributed by atoms with E-state index in [1.54, 1.807) is 0 Å². The molecule has 2 aliphatic carbocycles. The molecule has 0 radical (unpaired) electrons. The second-order valence-electron chi connectivity index (χ2n) is 6.26. The lowest BCUT2D eigenvalue weighted by Gasteiger charge is -2.47. The van der Waals surface area contributed by atoms with Gasteiger partial charge in [0.15, 0.2) is 0 Å². The third kappa shape index (κ3) is 1.80. The molecular weight excluding hydrogens is 198 g/mol. The maximum absolute atomic E-state index is 9.96. The molecule has 2 nitrogen and oxygen atoms in total. The predicted molar refractivity (Wildman–Crippen MR) is 65.4 cm³/mol. The van der Waals surface area contributed by atoms with Crippen molar-refractivity contribution < 1.29 is 5.11 Å². The van der Waals surface area contributed by atoms with Gasteiger partial charge in [-0.3, -0.25) is 4.90 Å². The van der Waals surface area contributed by atoms with E-state index in [0.717, 1.165) is 12.8 Å². The van der Waals surface area contributed by atoms with E-state index in [-0.39, 0.29) is 6.10 Å². The van der Waals surface area contributed by atoms with Gasteiger partial charge in [0.25, 0.3) is 0 Å². The van der Waals surface area contributed by atoms with Gasteiger partial charge in [0.05, 0.1) is 6.10 Å². The fourth-order valence-corrected chi connectivity index (χ4v) is 4.50. The monoisotopic (exact) mass is 223 g/mol. The third-order valence-corrected chi connectivity index (χ3v) is 5.36. The van der Waals surface area contributed by atoms with Crippen molar-refractivity contribution in [3.8, 4) is 0 Å². The summed E-state index contributed by atoms with van der Waals surface area (Å²) in [5.74, 6) is 0. The van der Waals surface area contributed by atoms with Crippen LogP contribution in [-0.4, -0.2) is 35.2 Å². The minimum Gasteiger partial charge on any atom is -0.393 e. The molecule has 2 heteroatoms. The number of likely N-dealkylation sites (tertiary alicyclic amines) is 1. The normalized spacial score (nSPS) is 39.6. The highest BCUT2D eigenvalue weighted by Crippen LogP contribution is 2.51. The summed E-state index contributed by atoms with van der Waals surface area (Å²) in [6, 6.07) is 0.709. The van der Waals surface area contributed by atoms with Crippen molar-refractivity contribution in [3.63, 3.8) is 0 Å². The van der Waals surface area contributed by atoms with Crippen LogP contribution in [0.3, 0.4) is 0 Å². The van der Waals surface area contributed by atoms with Crippen LogP contribution >= 0.6 is 0 Å². The lowest BCUT2D eigenvalue weighted by molar-refractivity contribution is -0.0177. The van der Waals surface area contributed by atoms with Crippen LogP contribution in [0.15, 0.2) is 0 Å². The Kier molecular flexibility index (Phi) is 2.97. The molecule has 1 N–H and O–H groups in total. The Morgan fingerprint density at radius 2 is 1.62 bits per heavy atom. The van der Waals surface area contributed by atoms with E-state index in [9.17, 15) is 5.11 Å².